The maximum atomic E-state index is 12.6. The first-order valence-electron chi connectivity index (χ1n) is 7.55. The Hall–Kier alpha value is -2.23. The van der Waals surface area contributed by atoms with Crippen LogP contribution in [-0.4, -0.2) is 5.91 Å². The monoisotopic (exact) mass is 353 g/mol. The van der Waals surface area contributed by atoms with E-state index in [2.05, 4.69) is 17.4 Å². The molecule has 3 rings (SSSR count). The van der Waals surface area contributed by atoms with E-state index in [9.17, 15) is 4.79 Å². The average Bonchev–Trinajstić information content (AvgIpc) is 2.61. The molecule has 0 atom stereocenters. The van der Waals surface area contributed by atoms with E-state index in [-0.39, 0.29) is 5.91 Å². The maximum absolute atomic E-state index is 12.6. The number of carbonyl (C=O) groups is 1. The van der Waals surface area contributed by atoms with Crippen LogP contribution in [0.3, 0.4) is 0 Å². The van der Waals surface area contributed by atoms with E-state index in [1.165, 1.54) is 5.56 Å². The molecule has 0 radical (unpaired) electrons. The van der Waals surface area contributed by atoms with Crippen molar-refractivity contribution in [1.82, 2.24) is 0 Å². The van der Waals surface area contributed by atoms with E-state index in [4.69, 9.17) is 11.6 Å². The van der Waals surface area contributed by atoms with Crippen molar-refractivity contribution in [3.8, 4) is 0 Å². The van der Waals surface area contributed by atoms with E-state index < -0.39 is 0 Å². The molecule has 24 heavy (non-hydrogen) atoms. The van der Waals surface area contributed by atoms with Crippen molar-refractivity contribution in [1.29, 1.82) is 0 Å². The summed E-state index contributed by atoms with van der Waals surface area (Å²) in [5.41, 5.74) is 2.58. The number of hydrogen-bond donors (Lipinski definition) is 1. The highest BCUT2D eigenvalue weighted by Crippen LogP contribution is 2.27. The molecular formula is C20H16ClNOS. The Labute approximate surface area is 150 Å². The number of halogens is 1. The summed E-state index contributed by atoms with van der Waals surface area (Å²) in [6, 6.07) is 25.0. The molecule has 4 heteroatoms. The minimum atomic E-state index is -0.131. The first kappa shape index (κ1) is 16.6. The quantitative estimate of drug-likeness (QED) is 0.580. The van der Waals surface area contributed by atoms with E-state index in [1.807, 2.05) is 54.6 Å². The number of benzene rings is 3. The topological polar surface area (TPSA) is 29.1 Å². The third-order valence-electron chi connectivity index (χ3n) is 3.45. The molecule has 3 aromatic carbocycles. The largest absolute Gasteiger partial charge is 0.322 e. The summed E-state index contributed by atoms with van der Waals surface area (Å²) in [4.78, 5) is 13.5. The second-order valence-corrected chi connectivity index (χ2v) is 6.69. The fourth-order valence-corrected chi connectivity index (χ4v) is 3.48. The SMILES string of the molecule is O=C(Nc1cccc(Cl)c1)c1ccccc1SCc1ccccc1. The summed E-state index contributed by atoms with van der Waals surface area (Å²) in [6.07, 6.45) is 0. The molecule has 0 aromatic heterocycles. The number of nitrogens with one attached hydrogen (secondary N) is 1. The van der Waals surface area contributed by atoms with Gasteiger partial charge in [-0.1, -0.05) is 60.1 Å². The van der Waals surface area contributed by atoms with Crippen molar-refractivity contribution < 1.29 is 4.79 Å². The Bertz CT molecular complexity index is 836. The number of anilines is 1. The minimum Gasteiger partial charge on any atom is -0.322 e. The minimum absolute atomic E-state index is 0.131. The summed E-state index contributed by atoms with van der Waals surface area (Å²) in [5.74, 6) is 0.691. The summed E-state index contributed by atoms with van der Waals surface area (Å²) in [7, 11) is 0. The zero-order valence-corrected chi connectivity index (χ0v) is 14.5. The van der Waals surface area contributed by atoms with Gasteiger partial charge in [0.05, 0.1) is 5.56 Å². The zero-order chi connectivity index (χ0) is 16.8. The molecule has 0 bridgehead atoms. The second-order valence-electron chi connectivity index (χ2n) is 5.23. The summed E-state index contributed by atoms with van der Waals surface area (Å²) in [6.45, 7) is 0. The zero-order valence-electron chi connectivity index (χ0n) is 12.9. The van der Waals surface area contributed by atoms with Gasteiger partial charge in [-0.3, -0.25) is 4.79 Å². The van der Waals surface area contributed by atoms with Crippen molar-refractivity contribution in [2.24, 2.45) is 0 Å². The van der Waals surface area contributed by atoms with Gasteiger partial charge >= 0.3 is 0 Å². The van der Waals surface area contributed by atoms with Crippen molar-refractivity contribution in [2.75, 3.05) is 5.32 Å². The number of hydrogen-bond acceptors (Lipinski definition) is 2. The van der Waals surface area contributed by atoms with Crippen molar-refractivity contribution in [2.45, 2.75) is 10.6 Å². The third kappa shape index (κ3) is 4.40. The van der Waals surface area contributed by atoms with Crippen LogP contribution in [0.4, 0.5) is 5.69 Å². The first-order chi connectivity index (χ1) is 11.7. The maximum Gasteiger partial charge on any atom is 0.256 e. The van der Waals surface area contributed by atoms with Crippen LogP contribution in [-0.2, 0) is 5.75 Å². The van der Waals surface area contributed by atoms with Gasteiger partial charge in [-0.05, 0) is 35.9 Å². The number of rotatable bonds is 5. The Morgan fingerprint density at radius 2 is 1.67 bits per heavy atom. The molecule has 0 spiro atoms. The second kappa shape index (κ2) is 8.04. The predicted molar refractivity (Wildman–Crippen MR) is 102 cm³/mol. The van der Waals surface area contributed by atoms with Crippen LogP contribution in [0, 0.1) is 0 Å². The number of carbonyl (C=O) groups excluding carboxylic acids is 1. The van der Waals surface area contributed by atoms with Gasteiger partial charge < -0.3 is 5.32 Å². The van der Waals surface area contributed by atoms with E-state index in [1.54, 1.807) is 23.9 Å². The van der Waals surface area contributed by atoms with Crippen LogP contribution in [0.1, 0.15) is 15.9 Å². The molecule has 2 nitrogen and oxygen atoms in total. The molecular weight excluding hydrogens is 338 g/mol. The Balaban J connectivity index is 1.74. The van der Waals surface area contributed by atoms with Crippen molar-refractivity contribution >= 4 is 35.0 Å². The lowest BCUT2D eigenvalue weighted by Gasteiger charge is -2.10. The molecule has 0 saturated heterocycles. The Morgan fingerprint density at radius 1 is 0.917 bits per heavy atom. The number of amides is 1. The van der Waals surface area contributed by atoms with Gasteiger partial charge in [0.2, 0.25) is 0 Å². The Kier molecular flexibility index (Phi) is 5.57. The molecule has 0 aliphatic rings. The van der Waals surface area contributed by atoms with Crippen molar-refractivity contribution in [3.63, 3.8) is 0 Å². The van der Waals surface area contributed by atoms with Gasteiger partial charge in [-0.25, -0.2) is 0 Å². The first-order valence-corrected chi connectivity index (χ1v) is 8.91. The van der Waals surface area contributed by atoms with E-state index >= 15 is 0 Å². The molecule has 3 aromatic rings. The van der Waals surface area contributed by atoms with Crippen LogP contribution < -0.4 is 5.32 Å². The fraction of sp³-hybridized carbons (Fsp3) is 0.0500. The molecule has 1 N–H and O–H groups in total. The van der Waals surface area contributed by atoms with Crippen LogP contribution in [0.15, 0.2) is 83.8 Å². The average molecular weight is 354 g/mol. The highest BCUT2D eigenvalue weighted by Gasteiger charge is 2.12. The molecule has 120 valence electrons. The highest BCUT2D eigenvalue weighted by atomic mass is 35.5. The van der Waals surface area contributed by atoms with Gasteiger partial charge in [0.1, 0.15) is 0 Å². The van der Waals surface area contributed by atoms with Gasteiger partial charge in [-0.15, -0.1) is 11.8 Å². The lowest BCUT2D eigenvalue weighted by atomic mass is 10.2. The summed E-state index contributed by atoms with van der Waals surface area (Å²) < 4.78 is 0. The van der Waals surface area contributed by atoms with Gasteiger partial charge in [-0.2, -0.15) is 0 Å². The van der Waals surface area contributed by atoms with Gasteiger partial charge in [0.15, 0.2) is 0 Å². The normalized spacial score (nSPS) is 10.4. The van der Waals surface area contributed by atoms with E-state index in [0.717, 1.165) is 10.6 Å². The molecule has 1 amide bonds. The third-order valence-corrected chi connectivity index (χ3v) is 4.83. The molecule has 0 aliphatic heterocycles. The molecule has 0 fully saturated rings. The summed E-state index contributed by atoms with van der Waals surface area (Å²) >= 11 is 7.62. The predicted octanol–water partition coefficient (Wildman–Crippen LogP) is 5.88. The standard InChI is InChI=1S/C20H16ClNOS/c21-16-9-6-10-17(13-16)22-20(23)18-11-4-5-12-19(18)24-14-15-7-2-1-3-8-15/h1-13H,14H2,(H,22,23). The molecule has 0 unspecified atom stereocenters. The van der Waals surface area contributed by atoms with Gasteiger partial charge in [0.25, 0.3) is 5.91 Å². The molecule has 0 aliphatic carbocycles. The van der Waals surface area contributed by atoms with Crippen LogP contribution >= 0.6 is 23.4 Å². The van der Waals surface area contributed by atoms with Crippen LogP contribution in [0.25, 0.3) is 0 Å². The molecule has 0 heterocycles. The van der Waals surface area contributed by atoms with Crippen molar-refractivity contribution in [3.05, 3.63) is 95.0 Å². The van der Waals surface area contributed by atoms with Crippen LogP contribution in [0.5, 0.6) is 0 Å². The molecule has 0 saturated carbocycles. The van der Waals surface area contributed by atoms with E-state index in [0.29, 0.717) is 16.3 Å². The Morgan fingerprint density at radius 3 is 2.46 bits per heavy atom. The lowest BCUT2D eigenvalue weighted by molar-refractivity contribution is 0.102. The number of thioether (sulfide) groups is 1. The summed E-state index contributed by atoms with van der Waals surface area (Å²) in [5, 5.41) is 3.50. The fourth-order valence-electron chi connectivity index (χ4n) is 2.28. The lowest BCUT2D eigenvalue weighted by Crippen LogP contribution is -2.12. The highest BCUT2D eigenvalue weighted by molar-refractivity contribution is 7.98. The smallest absolute Gasteiger partial charge is 0.256 e. The van der Waals surface area contributed by atoms with Gasteiger partial charge in [0, 0.05) is 21.4 Å². The van der Waals surface area contributed by atoms with Crippen LogP contribution in [0.2, 0.25) is 5.02 Å².